The first-order chi connectivity index (χ1) is 14.2. The fourth-order valence-corrected chi connectivity index (χ4v) is 4.82. The van der Waals surface area contributed by atoms with Gasteiger partial charge in [-0.15, -0.1) is 0 Å². The summed E-state index contributed by atoms with van der Waals surface area (Å²) in [6.07, 6.45) is 3.56. The molecule has 0 bridgehead atoms. The van der Waals surface area contributed by atoms with E-state index in [0.717, 1.165) is 38.8 Å². The van der Waals surface area contributed by atoms with Crippen LogP contribution >= 0.6 is 0 Å². The highest BCUT2D eigenvalue weighted by Gasteiger charge is 2.41. The van der Waals surface area contributed by atoms with E-state index in [4.69, 9.17) is 9.47 Å². The fraction of sp³-hybridized carbons (Fsp3) is 0.458. The van der Waals surface area contributed by atoms with Gasteiger partial charge in [-0.25, -0.2) is 4.79 Å². The van der Waals surface area contributed by atoms with Gasteiger partial charge in [0.25, 0.3) is 0 Å². The fourth-order valence-electron chi connectivity index (χ4n) is 4.82. The summed E-state index contributed by atoms with van der Waals surface area (Å²) in [6, 6.07) is 17.3. The molecule has 152 valence electrons. The number of nitrogens with zero attached hydrogens (tertiary/aromatic N) is 1. The largest absolute Gasteiger partial charge is 0.378 e. The van der Waals surface area contributed by atoms with Gasteiger partial charge in [0.15, 0.2) is 0 Å². The number of carbonyl (C=O) groups excluding carboxylic acids is 1. The summed E-state index contributed by atoms with van der Waals surface area (Å²) in [5, 5.41) is 3.27. The van der Waals surface area contributed by atoms with Gasteiger partial charge in [-0.05, 0) is 47.6 Å². The van der Waals surface area contributed by atoms with Crippen molar-refractivity contribution in [2.24, 2.45) is 0 Å². The summed E-state index contributed by atoms with van der Waals surface area (Å²) in [6.45, 7) is 3.53. The molecule has 2 aromatic carbocycles. The zero-order chi connectivity index (χ0) is 19.7. The molecule has 1 N–H and O–H groups in total. The first-order valence-electron chi connectivity index (χ1n) is 10.7. The maximum Gasteiger partial charge on any atom is 0.317 e. The van der Waals surface area contributed by atoms with Gasteiger partial charge >= 0.3 is 6.03 Å². The van der Waals surface area contributed by atoms with E-state index in [2.05, 4.69) is 47.8 Å². The van der Waals surface area contributed by atoms with E-state index in [1.807, 2.05) is 11.0 Å². The van der Waals surface area contributed by atoms with Crippen molar-refractivity contribution < 1.29 is 14.3 Å². The number of hydrogen-bond donors (Lipinski definition) is 1. The lowest BCUT2D eigenvalue weighted by Crippen LogP contribution is -2.52. The van der Waals surface area contributed by atoms with Crippen LogP contribution in [-0.2, 0) is 22.4 Å². The summed E-state index contributed by atoms with van der Waals surface area (Å²) in [4.78, 5) is 14.9. The average molecular weight is 392 g/mol. The Hall–Kier alpha value is -2.37. The summed E-state index contributed by atoms with van der Waals surface area (Å²) in [5.74, 6) is 0. The third kappa shape index (κ3) is 3.89. The van der Waals surface area contributed by atoms with E-state index in [1.54, 1.807) is 0 Å². The number of amides is 2. The Morgan fingerprint density at radius 2 is 1.97 bits per heavy atom. The summed E-state index contributed by atoms with van der Waals surface area (Å²) >= 11 is 0. The lowest BCUT2D eigenvalue weighted by atomic mass is 9.90. The van der Waals surface area contributed by atoms with E-state index in [1.165, 1.54) is 22.3 Å². The summed E-state index contributed by atoms with van der Waals surface area (Å²) in [7, 11) is 0. The molecule has 0 radical (unpaired) electrons. The summed E-state index contributed by atoms with van der Waals surface area (Å²) < 4.78 is 11.5. The molecule has 29 heavy (non-hydrogen) atoms. The van der Waals surface area contributed by atoms with Crippen molar-refractivity contribution in [2.75, 3.05) is 26.4 Å². The van der Waals surface area contributed by atoms with E-state index >= 15 is 0 Å². The van der Waals surface area contributed by atoms with Crippen molar-refractivity contribution in [1.82, 2.24) is 10.2 Å². The molecule has 2 saturated heterocycles. The van der Waals surface area contributed by atoms with Gasteiger partial charge in [-0.1, -0.05) is 42.5 Å². The predicted molar refractivity (Wildman–Crippen MR) is 112 cm³/mol. The topological polar surface area (TPSA) is 50.8 Å². The minimum Gasteiger partial charge on any atom is -0.378 e. The van der Waals surface area contributed by atoms with E-state index in [-0.39, 0.29) is 17.7 Å². The monoisotopic (exact) mass is 392 g/mol. The second-order valence-corrected chi connectivity index (χ2v) is 8.49. The van der Waals surface area contributed by atoms with E-state index in [9.17, 15) is 4.79 Å². The Balaban J connectivity index is 1.26. The maximum absolute atomic E-state index is 13.0. The third-order valence-corrected chi connectivity index (χ3v) is 6.50. The van der Waals surface area contributed by atoms with Crippen LogP contribution in [0, 0.1) is 0 Å². The van der Waals surface area contributed by atoms with Crippen LogP contribution in [0.25, 0.3) is 11.1 Å². The quantitative estimate of drug-likeness (QED) is 0.847. The van der Waals surface area contributed by atoms with Gasteiger partial charge in [0.2, 0.25) is 0 Å². The molecule has 3 heterocycles. The lowest BCUT2D eigenvalue weighted by Gasteiger charge is -2.38. The Morgan fingerprint density at radius 1 is 1.07 bits per heavy atom. The van der Waals surface area contributed by atoms with Gasteiger partial charge < -0.3 is 19.7 Å². The molecular weight excluding hydrogens is 364 g/mol. The first kappa shape index (κ1) is 18.6. The normalized spacial score (nSPS) is 26.3. The molecule has 0 aromatic heterocycles. The van der Waals surface area contributed by atoms with Crippen LogP contribution in [-0.4, -0.2) is 48.9 Å². The molecule has 2 aromatic rings. The molecule has 2 fully saturated rings. The van der Waals surface area contributed by atoms with Crippen molar-refractivity contribution >= 4 is 6.03 Å². The second-order valence-electron chi connectivity index (χ2n) is 8.49. The van der Waals surface area contributed by atoms with Gasteiger partial charge in [-0.3, -0.25) is 0 Å². The van der Waals surface area contributed by atoms with Crippen LogP contribution in [0.5, 0.6) is 0 Å². The highest BCUT2D eigenvalue weighted by molar-refractivity contribution is 5.75. The van der Waals surface area contributed by atoms with Crippen molar-refractivity contribution in [2.45, 2.75) is 43.9 Å². The van der Waals surface area contributed by atoms with Crippen LogP contribution in [0.15, 0.2) is 48.5 Å². The van der Waals surface area contributed by atoms with Crippen molar-refractivity contribution in [3.63, 3.8) is 0 Å². The molecule has 5 nitrogen and oxygen atoms in total. The molecule has 0 saturated carbocycles. The van der Waals surface area contributed by atoms with Crippen LogP contribution in [0.3, 0.4) is 0 Å². The molecular formula is C24H28N2O3. The third-order valence-electron chi connectivity index (χ3n) is 6.50. The Bertz CT molecular complexity index is 877. The minimum absolute atomic E-state index is 0.0433. The number of ether oxygens (including phenoxy) is 2. The molecule has 5 heteroatoms. The van der Waals surface area contributed by atoms with Crippen molar-refractivity contribution in [3.8, 4) is 11.1 Å². The first-order valence-corrected chi connectivity index (χ1v) is 10.7. The lowest BCUT2D eigenvalue weighted by molar-refractivity contribution is -0.0881. The van der Waals surface area contributed by atoms with Crippen molar-refractivity contribution in [3.05, 3.63) is 59.7 Å². The van der Waals surface area contributed by atoms with E-state index in [0.29, 0.717) is 19.8 Å². The van der Waals surface area contributed by atoms with Crippen LogP contribution in [0.1, 0.15) is 30.4 Å². The number of nitrogens with one attached hydrogen (secondary N) is 1. The second kappa shape index (κ2) is 7.81. The number of fused-ring (bicyclic) bond motifs is 1. The Kier molecular flexibility index (Phi) is 5.02. The smallest absolute Gasteiger partial charge is 0.317 e. The number of urea groups is 1. The standard InChI is InChI=1S/C24H28N2O3/c27-23(25-22-9-12-29-24(15-22)10-13-28-17-24)26-11-8-19-6-7-20(14-21(19)16-26)18-4-2-1-3-5-18/h1-7,14,22H,8-13,15-17H2,(H,25,27)/t22-,24-/m1/s1. The SMILES string of the molecule is O=C(N[C@@H]1CCO[C@]2(CCOC2)C1)N1CCc2ccc(-c3ccccc3)cc2C1. The molecule has 0 unspecified atom stereocenters. The van der Waals surface area contributed by atoms with Crippen LogP contribution in [0.2, 0.25) is 0 Å². The predicted octanol–water partition coefficient (Wildman–Crippen LogP) is 3.76. The van der Waals surface area contributed by atoms with Crippen LogP contribution < -0.4 is 5.32 Å². The highest BCUT2D eigenvalue weighted by Crippen LogP contribution is 2.33. The van der Waals surface area contributed by atoms with Gasteiger partial charge in [0.05, 0.1) is 12.2 Å². The molecule has 0 aliphatic carbocycles. The molecule has 3 aliphatic rings. The number of rotatable bonds is 2. The molecule has 1 spiro atoms. The molecule has 2 atom stereocenters. The zero-order valence-corrected chi connectivity index (χ0v) is 16.7. The highest BCUT2D eigenvalue weighted by atomic mass is 16.6. The van der Waals surface area contributed by atoms with E-state index < -0.39 is 0 Å². The Morgan fingerprint density at radius 3 is 2.79 bits per heavy atom. The maximum atomic E-state index is 13.0. The molecule has 3 aliphatic heterocycles. The van der Waals surface area contributed by atoms with Crippen LogP contribution in [0.4, 0.5) is 4.79 Å². The number of carbonyl (C=O) groups is 1. The average Bonchev–Trinajstić information content (AvgIpc) is 3.21. The zero-order valence-electron chi connectivity index (χ0n) is 16.7. The van der Waals surface area contributed by atoms with Gasteiger partial charge in [-0.2, -0.15) is 0 Å². The Labute approximate surface area is 172 Å². The minimum atomic E-state index is -0.185. The number of hydrogen-bond acceptors (Lipinski definition) is 3. The molecule has 2 amide bonds. The van der Waals surface area contributed by atoms with Crippen molar-refractivity contribution in [1.29, 1.82) is 0 Å². The number of benzene rings is 2. The summed E-state index contributed by atoms with van der Waals surface area (Å²) in [5.41, 5.74) is 4.83. The molecule has 5 rings (SSSR count). The van der Waals surface area contributed by atoms with Gasteiger partial charge in [0.1, 0.15) is 0 Å². The van der Waals surface area contributed by atoms with Gasteiger partial charge in [0, 0.05) is 38.8 Å².